The molecule has 2 aromatic heterocycles. The molecule has 3 heterocycles. The Morgan fingerprint density at radius 3 is 2.74 bits per heavy atom. The van der Waals surface area contributed by atoms with Crippen LogP contribution in [-0.4, -0.2) is 35.6 Å². The van der Waals surface area contributed by atoms with Gasteiger partial charge in [-0.2, -0.15) is 5.10 Å². The van der Waals surface area contributed by atoms with Crippen molar-refractivity contribution in [1.82, 2.24) is 20.1 Å². The minimum Gasteiger partial charge on any atom is -0.348 e. The highest BCUT2D eigenvalue weighted by molar-refractivity contribution is 7.92. The molecule has 0 saturated heterocycles. The maximum absolute atomic E-state index is 13.5. The molecule has 1 N–H and O–H groups in total. The zero-order valence-electron chi connectivity index (χ0n) is 18.3. The fourth-order valence-electron chi connectivity index (χ4n) is 4.12. The average molecular weight is 474 g/mol. The van der Waals surface area contributed by atoms with Gasteiger partial charge in [0, 0.05) is 42.8 Å². The van der Waals surface area contributed by atoms with Gasteiger partial charge in [-0.1, -0.05) is 30.3 Å². The zero-order valence-corrected chi connectivity index (χ0v) is 19.1. The maximum Gasteiger partial charge on any atom is 0.264 e. The van der Waals surface area contributed by atoms with Crippen molar-refractivity contribution in [1.29, 1.82) is 0 Å². The number of fused-ring (bicyclic) bond motifs is 1. The van der Waals surface area contributed by atoms with Crippen molar-refractivity contribution in [2.24, 2.45) is 0 Å². The van der Waals surface area contributed by atoms with E-state index in [0.717, 1.165) is 24.0 Å². The van der Waals surface area contributed by atoms with Crippen LogP contribution in [-0.2, 0) is 23.0 Å². The number of nitrogens with zero attached hydrogens (tertiary/aromatic N) is 4. The standard InChI is InChI=1S/C25H23N5O3S/c31-25(27-18-21-9-4-13-26-24(21)29-15-6-14-28-29)20-8-3-11-22(17-20)34(32,33)30-16-5-10-19-7-1-2-12-23(19)30/h1-4,6-9,11-15,17H,5,10,16,18H2,(H,27,31). The number of benzene rings is 2. The van der Waals surface area contributed by atoms with E-state index in [2.05, 4.69) is 15.4 Å². The first-order valence-corrected chi connectivity index (χ1v) is 12.4. The van der Waals surface area contributed by atoms with Crippen molar-refractivity contribution < 1.29 is 13.2 Å². The molecule has 1 aliphatic rings. The number of nitrogens with one attached hydrogen (secondary N) is 1. The van der Waals surface area contributed by atoms with E-state index in [1.165, 1.54) is 16.4 Å². The summed E-state index contributed by atoms with van der Waals surface area (Å²) in [5.41, 5.74) is 2.77. The number of hydrogen-bond acceptors (Lipinski definition) is 5. The molecule has 0 unspecified atom stereocenters. The van der Waals surface area contributed by atoms with Crippen molar-refractivity contribution >= 4 is 21.6 Å². The Morgan fingerprint density at radius 2 is 1.88 bits per heavy atom. The molecule has 0 radical (unpaired) electrons. The molecule has 8 nitrogen and oxygen atoms in total. The molecule has 1 amide bonds. The Morgan fingerprint density at radius 1 is 1.00 bits per heavy atom. The lowest BCUT2D eigenvalue weighted by atomic mass is 10.0. The molecule has 0 bridgehead atoms. The van der Waals surface area contributed by atoms with E-state index in [9.17, 15) is 13.2 Å². The Balaban J connectivity index is 1.37. The molecule has 1 aliphatic heterocycles. The number of carbonyl (C=O) groups is 1. The van der Waals surface area contributed by atoms with Crippen LogP contribution in [0.25, 0.3) is 5.82 Å². The molecular weight excluding hydrogens is 450 g/mol. The number of aryl methyl sites for hydroxylation is 1. The molecule has 0 saturated carbocycles. The van der Waals surface area contributed by atoms with Crippen LogP contribution in [0.4, 0.5) is 5.69 Å². The molecule has 0 fully saturated rings. The molecular formula is C25H23N5O3S. The highest BCUT2D eigenvalue weighted by Gasteiger charge is 2.29. The second kappa shape index (κ2) is 9.11. The third-order valence-corrected chi connectivity index (χ3v) is 7.59. The minimum atomic E-state index is -3.80. The van der Waals surface area contributed by atoms with E-state index < -0.39 is 10.0 Å². The summed E-state index contributed by atoms with van der Waals surface area (Å²) in [5.74, 6) is 0.249. The summed E-state index contributed by atoms with van der Waals surface area (Å²) in [6.45, 7) is 0.630. The van der Waals surface area contributed by atoms with Gasteiger partial charge in [-0.15, -0.1) is 0 Å². The normalized spacial score (nSPS) is 13.4. The molecule has 4 aromatic rings. The van der Waals surface area contributed by atoms with Gasteiger partial charge in [0.1, 0.15) is 0 Å². The highest BCUT2D eigenvalue weighted by atomic mass is 32.2. The van der Waals surface area contributed by atoms with Gasteiger partial charge in [0.2, 0.25) is 0 Å². The number of sulfonamides is 1. The summed E-state index contributed by atoms with van der Waals surface area (Å²) in [6, 6.07) is 19.1. The summed E-state index contributed by atoms with van der Waals surface area (Å²) >= 11 is 0. The SMILES string of the molecule is O=C(NCc1cccnc1-n1cccn1)c1cccc(S(=O)(=O)N2CCCc3ccccc32)c1. The van der Waals surface area contributed by atoms with Crippen molar-refractivity contribution in [2.45, 2.75) is 24.3 Å². The van der Waals surface area contributed by atoms with E-state index in [1.54, 1.807) is 47.5 Å². The molecule has 172 valence electrons. The monoisotopic (exact) mass is 473 g/mol. The lowest BCUT2D eigenvalue weighted by Crippen LogP contribution is -2.35. The van der Waals surface area contributed by atoms with E-state index in [0.29, 0.717) is 18.1 Å². The number of anilines is 1. The first-order chi connectivity index (χ1) is 16.5. The number of aromatic nitrogens is 3. The van der Waals surface area contributed by atoms with E-state index in [-0.39, 0.29) is 22.9 Å². The van der Waals surface area contributed by atoms with Crippen LogP contribution in [0.2, 0.25) is 0 Å². The predicted molar refractivity (Wildman–Crippen MR) is 128 cm³/mol. The second-order valence-corrected chi connectivity index (χ2v) is 9.82. The molecule has 2 aromatic carbocycles. The first kappa shape index (κ1) is 21.8. The van der Waals surface area contributed by atoms with Crippen LogP contribution in [0, 0.1) is 0 Å². The van der Waals surface area contributed by atoms with Gasteiger partial charge in [0.15, 0.2) is 5.82 Å². The van der Waals surface area contributed by atoms with Crippen molar-refractivity contribution in [3.8, 4) is 5.82 Å². The number of pyridine rings is 1. The largest absolute Gasteiger partial charge is 0.348 e. The van der Waals surface area contributed by atoms with Crippen molar-refractivity contribution in [3.63, 3.8) is 0 Å². The summed E-state index contributed by atoms with van der Waals surface area (Å²) in [6.07, 6.45) is 6.69. The Hall–Kier alpha value is -3.98. The zero-order chi connectivity index (χ0) is 23.5. The van der Waals surface area contributed by atoms with Gasteiger partial charge in [0.25, 0.3) is 15.9 Å². The van der Waals surface area contributed by atoms with Crippen LogP contribution in [0.1, 0.15) is 27.9 Å². The first-order valence-electron chi connectivity index (χ1n) is 11.0. The van der Waals surface area contributed by atoms with E-state index in [1.807, 2.05) is 30.3 Å². The average Bonchev–Trinajstić information content (AvgIpc) is 3.42. The molecule has 34 heavy (non-hydrogen) atoms. The van der Waals surface area contributed by atoms with Gasteiger partial charge in [-0.25, -0.2) is 18.1 Å². The summed E-state index contributed by atoms with van der Waals surface area (Å²) in [5, 5.41) is 7.06. The number of rotatable bonds is 6. The van der Waals surface area contributed by atoms with Gasteiger partial charge in [0.05, 0.1) is 10.6 Å². The minimum absolute atomic E-state index is 0.0930. The van der Waals surface area contributed by atoms with Crippen LogP contribution in [0.15, 0.2) is 90.2 Å². The van der Waals surface area contributed by atoms with Crippen LogP contribution >= 0.6 is 0 Å². The number of hydrogen-bond donors (Lipinski definition) is 1. The predicted octanol–water partition coefficient (Wildman–Crippen LogP) is 3.34. The summed E-state index contributed by atoms with van der Waals surface area (Å²) < 4.78 is 30.0. The van der Waals surface area contributed by atoms with Crippen LogP contribution in [0.3, 0.4) is 0 Å². The maximum atomic E-state index is 13.5. The van der Waals surface area contributed by atoms with E-state index >= 15 is 0 Å². The second-order valence-electron chi connectivity index (χ2n) is 7.96. The quantitative estimate of drug-likeness (QED) is 0.463. The Bertz CT molecular complexity index is 1430. The smallest absolute Gasteiger partial charge is 0.264 e. The van der Waals surface area contributed by atoms with Crippen LogP contribution in [0.5, 0.6) is 0 Å². The molecule has 0 aliphatic carbocycles. The molecule has 0 atom stereocenters. The third-order valence-electron chi connectivity index (χ3n) is 5.78. The van der Waals surface area contributed by atoms with Gasteiger partial charge in [-0.05, 0) is 54.8 Å². The fraction of sp³-hybridized carbons (Fsp3) is 0.160. The van der Waals surface area contributed by atoms with Gasteiger partial charge in [-0.3, -0.25) is 9.10 Å². The van der Waals surface area contributed by atoms with Gasteiger partial charge >= 0.3 is 0 Å². The van der Waals surface area contributed by atoms with Crippen molar-refractivity contribution in [2.75, 3.05) is 10.8 Å². The summed E-state index contributed by atoms with van der Waals surface area (Å²) in [4.78, 5) is 17.4. The fourth-order valence-corrected chi connectivity index (χ4v) is 5.71. The van der Waals surface area contributed by atoms with Crippen molar-refractivity contribution in [3.05, 3.63) is 102 Å². The molecule has 0 spiro atoms. The van der Waals surface area contributed by atoms with Gasteiger partial charge < -0.3 is 5.32 Å². The highest BCUT2D eigenvalue weighted by Crippen LogP contribution is 2.32. The number of para-hydroxylation sites is 1. The molecule has 5 rings (SSSR count). The Labute approximate surface area is 197 Å². The van der Waals surface area contributed by atoms with E-state index in [4.69, 9.17) is 0 Å². The van der Waals surface area contributed by atoms with Crippen LogP contribution < -0.4 is 9.62 Å². The number of carbonyl (C=O) groups excluding carboxylic acids is 1. The summed E-state index contributed by atoms with van der Waals surface area (Å²) in [7, 11) is -3.80. The lowest BCUT2D eigenvalue weighted by Gasteiger charge is -2.30. The number of amides is 1. The third kappa shape index (κ3) is 4.17. The Kier molecular flexibility index (Phi) is 5.85. The topological polar surface area (TPSA) is 97.2 Å². The molecule has 9 heteroatoms. The lowest BCUT2D eigenvalue weighted by molar-refractivity contribution is 0.0950.